The van der Waals surface area contributed by atoms with Gasteiger partial charge < -0.3 is 30.3 Å². The summed E-state index contributed by atoms with van der Waals surface area (Å²) in [4.78, 5) is 47.4. The standard InChI is InChI=1S/C39H70NO11P/c1-3-5-7-8-9-10-11-12-13-14-20-24-39(45)51-33(31-50-52(46,47)49-28-27-40)30-48-38(44)23-19-16-15-18-22-34-35(37(43)29-36(34)42)26-25-32(41)21-17-6-4-2/h8-9,25-26,32-36,41-42H,3-7,10-24,27-31,40H2,1-2H3,(H,46,47)/b9-8-,26-25+/t32-,33+,34+,35+,36-/m0/s1. The van der Waals surface area contributed by atoms with Gasteiger partial charge in [-0.25, -0.2) is 4.57 Å². The first-order chi connectivity index (χ1) is 25.0. The van der Waals surface area contributed by atoms with Gasteiger partial charge in [0.25, 0.3) is 0 Å². The molecule has 0 amide bonds. The van der Waals surface area contributed by atoms with Gasteiger partial charge in [0.15, 0.2) is 6.10 Å². The van der Waals surface area contributed by atoms with Crippen LogP contribution in [0.15, 0.2) is 24.3 Å². The smallest absolute Gasteiger partial charge is 0.462 e. The molecule has 1 rings (SSSR count). The molecule has 1 unspecified atom stereocenters. The molecule has 0 aromatic heterocycles. The molecule has 12 nitrogen and oxygen atoms in total. The zero-order chi connectivity index (χ0) is 38.5. The number of hydrogen-bond acceptors (Lipinski definition) is 11. The van der Waals surface area contributed by atoms with Crippen LogP contribution in [0.1, 0.15) is 149 Å². The van der Waals surface area contributed by atoms with Crippen molar-refractivity contribution in [1.29, 1.82) is 0 Å². The Morgan fingerprint density at radius 2 is 1.50 bits per heavy atom. The van der Waals surface area contributed by atoms with Crippen LogP contribution in [0.4, 0.5) is 0 Å². The second-order valence-electron chi connectivity index (χ2n) is 13.9. The third kappa shape index (κ3) is 24.4. The maximum Gasteiger partial charge on any atom is 0.472 e. The van der Waals surface area contributed by atoms with Gasteiger partial charge in [0.1, 0.15) is 12.4 Å². The quantitative estimate of drug-likeness (QED) is 0.0224. The van der Waals surface area contributed by atoms with Crippen molar-refractivity contribution in [2.24, 2.45) is 17.6 Å². The zero-order valence-electron chi connectivity index (χ0n) is 32.0. The average molecular weight is 760 g/mol. The van der Waals surface area contributed by atoms with E-state index in [0.717, 1.165) is 77.0 Å². The lowest BCUT2D eigenvalue weighted by atomic mass is 9.88. The van der Waals surface area contributed by atoms with Crippen molar-refractivity contribution in [2.45, 2.75) is 167 Å². The van der Waals surface area contributed by atoms with Gasteiger partial charge >= 0.3 is 19.8 Å². The minimum Gasteiger partial charge on any atom is -0.462 e. The number of carbonyl (C=O) groups excluding carboxylic acids is 3. The number of hydrogen-bond donors (Lipinski definition) is 4. The van der Waals surface area contributed by atoms with Gasteiger partial charge in [0.2, 0.25) is 0 Å². The van der Waals surface area contributed by atoms with Crippen LogP contribution >= 0.6 is 7.82 Å². The Bertz CT molecular complexity index is 1070. The number of allylic oxidation sites excluding steroid dienone is 3. The highest BCUT2D eigenvalue weighted by molar-refractivity contribution is 7.47. The zero-order valence-corrected chi connectivity index (χ0v) is 32.9. The minimum absolute atomic E-state index is 0.00338. The van der Waals surface area contributed by atoms with Gasteiger partial charge in [0.05, 0.1) is 25.4 Å². The number of Topliss-reactive ketones (excluding diaryl/α,β-unsaturated/α-hetero) is 1. The van der Waals surface area contributed by atoms with Gasteiger partial charge in [-0.3, -0.25) is 23.4 Å². The highest BCUT2D eigenvalue weighted by Crippen LogP contribution is 2.43. The van der Waals surface area contributed by atoms with E-state index in [2.05, 4.69) is 26.0 Å². The molecule has 0 spiro atoms. The molecule has 0 heterocycles. The van der Waals surface area contributed by atoms with Crippen LogP contribution in [-0.4, -0.2) is 77.5 Å². The number of ketones is 1. The summed E-state index contributed by atoms with van der Waals surface area (Å²) in [6.07, 6.45) is 22.7. The molecule has 0 aliphatic heterocycles. The Labute approximate surface area is 312 Å². The number of phosphoric acid groups is 1. The van der Waals surface area contributed by atoms with Crippen molar-refractivity contribution in [1.82, 2.24) is 0 Å². The number of aliphatic hydroxyl groups is 2. The monoisotopic (exact) mass is 759 g/mol. The van der Waals surface area contributed by atoms with E-state index in [1.165, 1.54) is 12.8 Å². The van der Waals surface area contributed by atoms with Crippen molar-refractivity contribution in [3.05, 3.63) is 24.3 Å². The Hall–Kier alpha value is -1.92. The van der Waals surface area contributed by atoms with E-state index in [0.29, 0.717) is 25.7 Å². The highest BCUT2D eigenvalue weighted by atomic mass is 31.2. The molecule has 0 aromatic carbocycles. The van der Waals surface area contributed by atoms with Crippen molar-refractivity contribution < 1.29 is 52.6 Å². The van der Waals surface area contributed by atoms with Crippen LogP contribution in [0.2, 0.25) is 0 Å². The molecule has 1 aliphatic rings. The maximum absolute atomic E-state index is 12.5. The minimum atomic E-state index is -4.43. The SMILES string of the molecule is CCCC/C=C\CCCCCCCC(=O)O[C@H](COC(=O)CCCCCC[C@H]1[C@@H](O)CC(=O)[C@@H]1/C=C/[C@@H](O)CCCCC)COP(=O)(O)OCCN. The number of esters is 2. The molecule has 0 bridgehead atoms. The van der Waals surface area contributed by atoms with E-state index in [9.17, 15) is 34.1 Å². The second kappa shape index (κ2) is 30.4. The molecule has 1 aliphatic carbocycles. The van der Waals surface area contributed by atoms with E-state index >= 15 is 0 Å². The van der Waals surface area contributed by atoms with Crippen LogP contribution in [0.25, 0.3) is 0 Å². The Morgan fingerprint density at radius 3 is 2.19 bits per heavy atom. The van der Waals surface area contributed by atoms with E-state index in [1.54, 1.807) is 12.2 Å². The molecular weight excluding hydrogens is 689 g/mol. The molecule has 1 fully saturated rings. The van der Waals surface area contributed by atoms with Crippen molar-refractivity contribution >= 4 is 25.5 Å². The number of aliphatic hydroxyl groups excluding tert-OH is 2. The summed E-state index contributed by atoms with van der Waals surface area (Å²) in [5, 5.41) is 20.7. The van der Waals surface area contributed by atoms with Gasteiger partial charge in [-0.15, -0.1) is 0 Å². The summed E-state index contributed by atoms with van der Waals surface area (Å²) in [6, 6.07) is 0. The Balaban J connectivity index is 2.42. The molecule has 0 aromatic rings. The van der Waals surface area contributed by atoms with Gasteiger partial charge in [-0.1, -0.05) is 109 Å². The summed E-state index contributed by atoms with van der Waals surface area (Å²) < 4.78 is 32.6. The normalized spacial score (nSPS) is 20.0. The second-order valence-corrected chi connectivity index (χ2v) is 15.4. The molecule has 52 heavy (non-hydrogen) atoms. The predicted molar refractivity (Wildman–Crippen MR) is 202 cm³/mol. The number of rotatable bonds is 33. The molecule has 5 N–H and O–H groups in total. The van der Waals surface area contributed by atoms with E-state index < -0.39 is 44.7 Å². The molecular formula is C39H70NO11P. The highest BCUT2D eigenvalue weighted by Gasteiger charge is 2.39. The first-order valence-corrected chi connectivity index (χ1v) is 21.4. The fourth-order valence-corrected chi connectivity index (χ4v) is 6.93. The summed E-state index contributed by atoms with van der Waals surface area (Å²) in [7, 11) is -4.43. The maximum atomic E-state index is 12.5. The number of carbonyl (C=O) groups is 3. The third-order valence-electron chi connectivity index (χ3n) is 9.22. The summed E-state index contributed by atoms with van der Waals surface area (Å²) in [5.41, 5.74) is 5.32. The largest absolute Gasteiger partial charge is 0.472 e. The molecule has 1 saturated carbocycles. The number of ether oxygens (including phenoxy) is 2. The first kappa shape index (κ1) is 48.1. The lowest BCUT2D eigenvalue weighted by Gasteiger charge is -2.20. The molecule has 6 atom stereocenters. The summed E-state index contributed by atoms with van der Waals surface area (Å²) in [5.74, 6) is -1.56. The number of nitrogens with two attached hydrogens (primary N) is 1. The molecule has 0 saturated heterocycles. The number of phosphoric ester groups is 1. The summed E-state index contributed by atoms with van der Waals surface area (Å²) >= 11 is 0. The van der Waals surface area contributed by atoms with Crippen molar-refractivity contribution in [2.75, 3.05) is 26.4 Å². The van der Waals surface area contributed by atoms with Crippen molar-refractivity contribution in [3.8, 4) is 0 Å². The first-order valence-electron chi connectivity index (χ1n) is 19.9. The topological polar surface area (TPSA) is 192 Å². The fraction of sp³-hybridized carbons (Fsp3) is 0.821. The lowest BCUT2D eigenvalue weighted by molar-refractivity contribution is -0.161. The van der Waals surface area contributed by atoms with E-state index in [1.807, 2.05) is 0 Å². The number of unbranched alkanes of at least 4 members (excludes halogenated alkanes) is 12. The van der Waals surface area contributed by atoms with Crippen molar-refractivity contribution in [3.63, 3.8) is 0 Å². The van der Waals surface area contributed by atoms with E-state index in [-0.39, 0.29) is 56.6 Å². The van der Waals surface area contributed by atoms with Crippen LogP contribution in [0.5, 0.6) is 0 Å². The van der Waals surface area contributed by atoms with Crippen LogP contribution in [-0.2, 0) is 37.5 Å². The van der Waals surface area contributed by atoms with Crippen LogP contribution in [0, 0.1) is 11.8 Å². The molecule has 13 heteroatoms. The lowest BCUT2D eigenvalue weighted by Crippen LogP contribution is -2.29. The van der Waals surface area contributed by atoms with Gasteiger partial charge in [0, 0.05) is 31.7 Å². The third-order valence-corrected chi connectivity index (χ3v) is 10.2. The van der Waals surface area contributed by atoms with Gasteiger partial charge in [-0.2, -0.15) is 0 Å². The molecule has 302 valence electrons. The Morgan fingerprint density at radius 1 is 0.865 bits per heavy atom. The van der Waals surface area contributed by atoms with Crippen LogP contribution < -0.4 is 5.73 Å². The van der Waals surface area contributed by atoms with Gasteiger partial charge in [-0.05, 0) is 50.9 Å². The van der Waals surface area contributed by atoms with Crippen LogP contribution in [0.3, 0.4) is 0 Å². The predicted octanol–water partition coefficient (Wildman–Crippen LogP) is 7.41. The molecule has 0 radical (unpaired) electrons. The average Bonchev–Trinajstić information content (AvgIpc) is 3.38. The van der Waals surface area contributed by atoms with E-state index in [4.69, 9.17) is 24.3 Å². The Kier molecular flexibility index (Phi) is 28.1. The fourth-order valence-electron chi connectivity index (χ4n) is 6.17. The summed E-state index contributed by atoms with van der Waals surface area (Å²) in [6.45, 7) is 3.29.